The highest BCUT2D eigenvalue weighted by molar-refractivity contribution is 7.18. The maximum absolute atomic E-state index is 12.6. The molecule has 0 atom stereocenters. The molecule has 0 aliphatic heterocycles. The monoisotopic (exact) mass is 416 g/mol. The summed E-state index contributed by atoms with van der Waals surface area (Å²) in [4.78, 5) is 36.5. The van der Waals surface area contributed by atoms with Crippen LogP contribution in [0.2, 0.25) is 0 Å². The Balaban J connectivity index is 1.83. The van der Waals surface area contributed by atoms with Crippen molar-refractivity contribution in [3.05, 3.63) is 57.1 Å². The van der Waals surface area contributed by atoms with Crippen LogP contribution < -0.4 is 11.1 Å². The summed E-state index contributed by atoms with van der Waals surface area (Å²) >= 11 is 0.912. The second-order valence-electron chi connectivity index (χ2n) is 6.42. The number of thiophene rings is 1. The molecule has 0 fully saturated rings. The highest BCUT2D eigenvalue weighted by Crippen LogP contribution is 2.33. The second-order valence-corrected chi connectivity index (χ2v) is 7.44. The van der Waals surface area contributed by atoms with Gasteiger partial charge < -0.3 is 20.2 Å². The van der Waals surface area contributed by atoms with Crippen LogP contribution in [-0.2, 0) is 11.3 Å². The van der Waals surface area contributed by atoms with Crippen molar-refractivity contribution in [2.24, 2.45) is 5.73 Å². The van der Waals surface area contributed by atoms with Crippen molar-refractivity contribution < 1.29 is 23.5 Å². The second kappa shape index (κ2) is 7.92. The molecule has 0 aliphatic rings. The van der Waals surface area contributed by atoms with E-state index in [1.807, 2.05) is 19.9 Å². The molecule has 3 N–H and O–H groups in total. The zero-order valence-corrected chi connectivity index (χ0v) is 17.2. The van der Waals surface area contributed by atoms with E-state index in [-0.39, 0.29) is 21.2 Å². The van der Waals surface area contributed by atoms with Gasteiger partial charge in [-0.25, -0.2) is 4.79 Å². The van der Waals surface area contributed by atoms with Crippen LogP contribution in [0, 0.1) is 20.8 Å². The quantitative estimate of drug-likeness (QED) is 0.594. The minimum absolute atomic E-state index is 0.0593. The molecule has 0 bridgehead atoms. The number of nitrogens with one attached hydrogen (secondary N) is 1. The molecule has 0 spiro atoms. The molecular weight excluding hydrogens is 396 g/mol. The first-order valence-corrected chi connectivity index (χ1v) is 9.45. The van der Waals surface area contributed by atoms with Gasteiger partial charge in [0.25, 0.3) is 11.8 Å². The topological polar surface area (TPSA) is 129 Å². The lowest BCUT2D eigenvalue weighted by molar-refractivity contribution is 0.0601. The molecule has 0 saturated carbocycles. The van der Waals surface area contributed by atoms with E-state index in [0.29, 0.717) is 17.9 Å². The number of hydrogen-bond acceptors (Lipinski definition) is 7. The summed E-state index contributed by atoms with van der Waals surface area (Å²) in [7, 11) is 1.22. The maximum Gasteiger partial charge on any atom is 0.341 e. The number of amides is 2. The number of nitrogens with zero attached hydrogens (tertiary/aromatic N) is 2. The van der Waals surface area contributed by atoms with Gasteiger partial charge in [-0.05, 0) is 44.5 Å². The SMILES string of the molecule is COC(=O)c1c(NC(=O)c2ccc(Cn3nc(C)cc3C)o2)sc(C(N)=O)c1C. The van der Waals surface area contributed by atoms with E-state index < -0.39 is 17.8 Å². The minimum Gasteiger partial charge on any atom is -0.465 e. The van der Waals surface area contributed by atoms with E-state index in [0.717, 1.165) is 22.7 Å². The number of carbonyl (C=O) groups excluding carboxylic acids is 3. The van der Waals surface area contributed by atoms with Crippen LogP contribution in [0.3, 0.4) is 0 Å². The first-order valence-electron chi connectivity index (χ1n) is 8.63. The molecule has 0 saturated heterocycles. The molecule has 3 heterocycles. The van der Waals surface area contributed by atoms with E-state index in [1.54, 1.807) is 17.7 Å². The van der Waals surface area contributed by atoms with Crippen molar-refractivity contribution in [1.29, 1.82) is 0 Å². The molecule has 10 heteroatoms. The van der Waals surface area contributed by atoms with Gasteiger partial charge >= 0.3 is 5.97 Å². The van der Waals surface area contributed by atoms with E-state index in [4.69, 9.17) is 14.9 Å². The maximum atomic E-state index is 12.6. The number of aromatic nitrogens is 2. The molecule has 3 aromatic heterocycles. The molecule has 0 radical (unpaired) electrons. The number of hydrogen-bond donors (Lipinski definition) is 2. The predicted molar refractivity (Wildman–Crippen MR) is 106 cm³/mol. The lowest BCUT2D eigenvalue weighted by atomic mass is 10.1. The van der Waals surface area contributed by atoms with Crippen molar-refractivity contribution >= 4 is 34.1 Å². The first-order chi connectivity index (χ1) is 13.7. The molecule has 9 nitrogen and oxygen atoms in total. The Morgan fingerprint density at radius 1 is 1.28 bits per heavy atom. The molecule has 0 aliphatic carbocycles. The number of aryl methyl sites for hydroxylation is 2. The third-order valence-corrected chi connectivity index (χ3v) is 5.50. The predicted octanol–water partition coefficient (Wildman–Crippen LogP) is 2.65. The highest BCUT2D eigenvalue weighted by atomic mass is 32.1. The van der Waals surface area contributed by atoms with Crippen molar-refractivity contribution in [3.63, 3.8) is 0 Å². The average Bonchev–Trinajstić information content (AvgIpc) is 3.33. The number of primary amides is 1. The average molecular weight is 416 g/mol. The van der Waals surface area contributed by atoms with Gasteiger partial charge in [0.05, 0.1) is 29.8 Å². The summed E-state index contributed by atoms with van der Waals surface area (Å²) in [5.74, 6) is -1.32. The number of nitrogens with two attached hydrogens (primary N) is 1. The molecular formula is C19H20N4O5S. The lowest BCUT2D eigenvalue weighted by Gasteiger charge is -2.05. The summed E-state index contributed by atoms with van der Waals surface area (Å²) in [5.41, 5.74) is 7.66. The molecule has 0 aromatic carbocycles. The van der Waals surface area contributed by atoms with Crippen molar-refractivity contribution in [1.82, 2.24) is 9.78 Å². The van der Waals surface area contributed by atoms with Crippen LogP contribution in [0.5, 0.6) is 0 Å². The molecule has 3 aromatic rings. The van der Waals surface area contributed by atoms with Crippen molar-refractivity contribution in [3.8, 4) is 0 Å². The fraction of sp³-hybridized carbons (Fsp3) is 0.263. The number of anilines is 1. The smallest absolute Gasteiger partial charge is 0.341 e. The van der Waals surface area contributed by atoms with Gasteiger partial charge in [-0.2, -0.15) is 5.10 Å². The fourth-order valence-corrected chi connectivity index (χ4v) is 3.96. The van der Waals surface area contributed by atoms with Crippen LogP contribution in [0.25, 0.3) is 0 Å². The summed E-state index contributed by atoms with van der Waals surface area (Å²) in [6, 6.07) is 5.16. The summed E-state index contributed by atoms with van der Waals surface area (Å²) in [6.07, 6.45) is 0. The van der Waals surface area contributed by atoms with Gasteiger partial charge in [0.15, 0.2) is 5.76 Å². The number of furan rings is 1. The third-order valence-electron chi connectivity index (χ3n) is 4.28. The van der Waals surface area contributed by atoms with E-state index in [2.05, 4.69) is 10.4 Å². The molecule has 152 valence electrons. The number of rotatable bonds is 6. The van der Waals surface area contributed by atoms with Crippen molar-refractivity contribution in [2.45, 2.75) is 27.3 Å². The van der Waals surface area contributed by atoms with Gasteiger partial charge in [0, 0.05) is 5.69 Å². The number of methoxy groups -OCH3 is 1. The Morgan fingerprint density at radius 2 is 2.00 bits per heavy atom. The Hall–Kier alpha value is -3.40. The van der Waals surface area contributed by atoms with Gasteiger partial charge in [0.2, 0.25) is 0 Å². The van der Waals surface area contributed by atoms with E-state index in [9.17, 15) is 14.4 Å². The van der Waals surface area contributed by atoms with Gasteiger partial charge in [-0.15, -0.1) is 11.3 Å². The molecule has 3 rings (SSSR count). The molecule has 0 unspecified atom stereocenters. The number of ether oxygens (including phenoxy) is 1. The summed E-state index contributed by atoms with van der Waals surface area (Å²) in [6.45, 7) is 5.77. The van der Waals surface area contributed by atoms with Gasteiger partial charge in [-0.3, -0.25) is 14.3 Å². The van der Waals surface area contributed by atoms with Crippen LogP contribution in [0.1, 0.15) is 53.3 Å². The van der Waals surface area contributed by atoms with Gasteiger partial charge in [-0.1, -0.05) is 0 Å². The Labute approximate surface area is 170 Å². The van der Waals surface area contributed by atoms with Gasteiger partial charge in [0.1, 0.15) is 10.8 Å². The molecule has 2 amide bonds. The van der Waals surface area contributed by atoms with E-state index >= 15 is 0 Å². The van der Waals surface area contributed by atoms with Crippen LogP contribution >= 0.6 is 11.3 Å². The highest BCUT2D eigenvalue weighted by Gasteiger charge is 2.26. The standard InChI is InChI=1S/C19H20N4O5S/c1-9-7-10(2)23(22-9)8-12-5-6-13(28-12)17(25)21-18-14(19(26)27-4)11(3)15(29-18)16(20)24/h5-7H,8H2,1-4H3,(H2,20,24)(H,21,25). The first kappa shape index (κ1) is 20.3. The van der Waals surface area contributed by atoms with Crippen LogP contribution in [0.4, 0.5) is 5.00 Å². The third kappa shape index (κ3) is 4.06. The van der Waals surface area contributed by atoms with E-state index in [1.165, 1.54) is 13.2 Å². The normalized spacial score (nSPS) is 10.8. The zero-order valence-electron chi connectivity index (χ0n) is 16.4. The largest absolute Gasteiger partial charge is 0.465 e. The number of carbonyl (C=O) groups is 3. The molecule has 29 heavy (non-hydrogen) atoms. The summed E-state index contributed by atoms with van der Waals surface area (Å²) in [5, 5.41) is 7.14. The minimum atomic E-state index is -0.691. The van der Waals surface area contributed by atoms with Crippen LogP contribution in [-0.4, -0.2) is 34.7 Å². The Kier molecular flexibility index (Phi) is 5.55. The lowest BCUT2D eigenvalue weighted by Crippen LogP contribution is -2.14. The Bertz CT molecular complexity index is 1110. The zero-order chi connectivity index (χ0) is 21.3. The Morgan fingerprint density at radius 3 is 2.59 bits per heavy atom. The summed E-state index contributed by atoms with van der Waals surface area (Å²) < 4.78 is 12.1. The fourth-order valence-electron chi connectivity index (χ4n) is 2.92. The van der Waals surface area contributed by atoms with Crippen molar-refractivity contribution in [2.75, 3.05) is 12.4 Å². The number of esters is 1. The van der Waals surface area contributed by atoms with Crippen LogP contribution in [0.15, 0.2) is 22.6 Å².